The number of benzene rings is 2. The number of nitrogens with zero attached hydrogens (tertiary/aromatic N) is 1. The number of para-hydroxylation sites is 1. The first-order chi connectivity index (χ1) is 12.1. The molecule has 1 atom stereocenters. The van der Waals surface area contributed by atoms with Gasteiger partial charge >= 0.3 is 5.97 Å². The normalized spacial score (nSPS) is 22.1. The van der Waals surface area contributed by atoms with Gasteiger partial charge in [-0.1, -0.05) is 24.3 Å². The predicted molar refractivity (Wildman–Crippen MR) is 95.9 cm³/mol. The Kier molecular flexibility index (Phi) is 3.83. The summed E-state index contributed by atoms with van der Waals surface area (Å²) in [7, 11) is 1.39. The molecule has 2 aliphatic rings. The molecule has 0 bridgehead atoms. The van der Waals surface area contributed by atoms with Crippen molar-refractivity contribution in [3.05, 3.63) is 65.2 Å². The molecule has 1 aliphatic heterocycles. The van der Waals surface area contributed by atoms with Crippen molar-refractivity contribution in [2.24, 2.45) is 5.41 Å². The smallest absolute Gasteiger partial charge is 0.337 e. The molecule has 1 aliphatic carbocycles. The van der Waals surface area contributed by atoms with Gasteiger partial charge in [-0.05, 0) is 54.7 Å². The van der Waals surface area contributed by atoms with Crippen LogP contribution in [0.5, 0.6) is 0 Å². The van der Waals surface area contributed by atoms with Gasteiger partial charge < -0.3 is 9.64 Å². The number of hydrogen-bond donors (Lipinski definition) is 0. The third kappa shape index (κ3) is 2.72. The highest BCUT2D eigenvalue weighted by molar-refractivity contribution is 5.93. The number of ketones is 1. The van der Waals surface area contributed by atoms with Crippen LogP contribution in [0.1, 0.15) is 27.9 Å². The van der Waals surface area contributed by atoms with Crippen molar-refractivity contribution >= 4 is 17.4 Å². The number of carbonyl (C=O) groups excluding carboxylic acids is 2. The van der Waals surface area contributed by atoms with Gasteiger partial charge in [-0.15, -0.1) is 0 Å². The molecular weight excluding hydrogens is 314 g/mol. The number of Topliss-reactive ketones (excluding diaryl/α,β-unsaturated/α-hetero) is 1. The summed E-state index contributed by atoms with van der Waals surface area (Å²) in [6.45, 7) is 1.34. The molecule has 4 nitrogen and oxygen atoms in total. The van der Waals surface area contributed by atoms with E-state index in [1.165, 1.54) is 12.7 Å². The maximum atomic E-state index is 13.0. The Hall–Kier alpha value is -2.62. The van der Waals surface area contributed by atoms with Crippen molar-refractivity contribution in [1.29, 1.82) is 0 Å². The third-order valence-corrected chi connectivity index (χ3v) is 5.59. The monoisotopic (exact) mass is 335 g/mol. The fourth-order valence-corrected chi connectivity index (χ4v) is 4.14. The lowest BCUT2D eigenvalue weighted by atomic mass is 9.75. The van der Waals surface area contributed by atoms with Crippen LogP contribution in [0.15, 0.2) is 48.5 Å². The van der Waals surface area contributed by atoms with Crippen LogP contribution in [0.4, 0.5) is 5.69 Å². The first-order valence-electron chi connectivity index (χ1n) is 8.65. The number of anilines is 1. The Morgan fingerprint density at radius 1 is 1.08 bits per heavy atom. The number of methoxy groups -OCH3 is 1. The van der Waals surface area contributed by atoms with E-state index < -0.39 is 0 Å². The minimum atomic E-state index is -0.325. The van der Waals surface area contributed by atoms with Gasteiger partial charge in [0, 0.05) is 17.6 Å². The molecule has 0 unspecified atom stereocenters. The molecule has 1 fully saturated rings. The topological polar surface area (TPSA) is 46.6 Å². The van der Waals surface area contributed by atoms with E-state index in [0.717, 1.165) is 37.1 Å². The Labute approximate surface area is 147 Å². The zero-order valence-corrected chi connectivity index (χ0v) is 14.3. The van der Waals surface area contributed by atoms with Crippen LogP contribution < -0.4 is 4.90 Å². The van der Waals surface area contributed by atoms with Gasteiger partial charge in [0.05, 0.1) is 19.2 Å². The van der Waals surface area contributed by atoms with Gasteiger partial charge in [0.15, 0.2) is 5.78 Å². The number of hydrogen-bond acceptors (Lipinski definition) is 4. The molecule has 0 radical (unpaired) electrons. The van der Waals surface area contributed by atoms with E-state index in [4.69, 9.17) is 4.74 Å². The first kappa shape index (κ1) is 15.9. The van der Waals surface area contributed by atoms with E-state index >= 15 is 0 Å². The zero-order valence-electron chi connectivity index (χ0n) is 14.3. The molecular formula is C21H21NO3. The highest BCUT2D eigenvalue weighted by Crippen LogP contribution is 2.43. The molecule has 1 heterocycles. The minimum Gasteiger partial charge on any atom is -0.465 e. The summed E-state index contributed by atoms with van der Waals surface area (Å²) in [6.07, 6.45) is 2.36. The lowest BCUT2D eigenvalue weighted by Gasteiger charge is -2.39. The molecule has 0 amide bonds. The van der Waals surface area contributed by atoms with Crippen LogP contribution >= 0.6 is 0 Å². The van der Waals surface area contributed by atoms with Gasteiger partial charge in [-0.3, -0.25) is 4.79 Å². The Balaban J connectivity index is 1.54. The Morgan fingerprint density at radius 2 is 1.84 bits per heavy atom. The van der Waals surface area contributed by atoms with Crippen molar-refractivity contribution in [3.63, 3.8) is 0 Å². The molecule has 2 aromatic carbocycles. The average molecular weight is 335 g/mol. The number of rotatable bonds is 2. The second-order valence-electron chi connectivity index (χ2n) is 7.04. The second kappa shape index (κ2) is 6.03. The quantitative estimate of drug-likeness (QED) is 0.792. The summed E-state index contributed by atoms with van der Waals surface area (Å²) in [5, 5.41) is 0. The molecule has 0 saturated carbocycles. The van der Waals surface area contributed by atoms with Gasteiger partial charge in [0.2, 0.25) is 0 Å². The highest BCUT2D eigenvalue weighted by atomic mass is 16.5. The Morgan fingerprint density at radius 3 is 2.56 bits per heavy atom. The number of fused-ring (bicyclic) bond motifs is 1. The van der Waals surface area contributed by atoms with Gasteiger partial charge in [0.25, 0.3) is 0 Å². The lowest BCUT2D eigenvalue weighted by Crippen LogP contribution is -2.48. The standard InChI is InChI=1S/C21H21NO3/c1-25-20(24)15-7-8-16-12-21(13-17(16)11-15)9-10-22(14-19(21)23)18-5-3-2-4-6-18/h2-8,11H,9-10,12-14H2,1H3/t21-/m0/s1. The molecule has 4 heteroatoms. The maximum Gasteiger partial charge on any atom is 0.337 e. The molecule has 1 spiro atoms. The van der Waals surface area contributed by atoms with Crippen LogP contribution in [0.3, 0.4) is 0 Å². The number of carbonyl (C=O) groups is 2. The Bertz CT molecular complexity index is 830. The summed E-state index contributed by atoms with van der Waals surface area (Å²) in [6, 6.07) is 15.8. The SMILES string of the molecule is COC(=O)c1ccc2c(c1)C[C@]1(CCN(c3ccccc3)CC1=O)C2. The van der Waals surface area contributed by atoms with Crippen LogP contribution in [0.25, 0.3) is 0 Å². The number of esters is 1. The molecule has 128 valence electrons. The zero-order chi connectivity index (χ0) is 17.4. The van der Waals surface area contributed by atoms with E-state index in [1.807, 2.05) is 30.3 Å². The van der Waals surface area contributed by atoms with Crippen LogP contribution in [0, 0.1) is 5.41 Å². The van der Waals surface area contributed by atoms with Crippen LogP contribution in [-0.4, -0.2) is 32.0 Å². The van der Waals surface area contributed by atoms with Crippen molar-refractivity contribution in [1.82, 2.24) is 0 Å². The van der Waals surface area contributed by atoms with Crippen molar-refractivity contribution in [2.45, 2.75) is 19.3 Å². The molecule has 2 aromatic rings. The molecule has 0 aromatic heterocycles. The molecule has 4 rings (SSSR count). The highest BCUT2D eigenvalue weighted by Gasteiger charge is 2.46. The lowest BCUT2D eigenvalue weighted by molar-refractivity contribution is -0.128. The number of ether oxygens (including phenoxy) is 1. The van der Waals surface area contributed by atoms with E-state index in [-0.39, 0.29) is 11.4 Å². The largest absolute Gasteiger partial charge is 0.465 e. The van der Waals surface area contributed by atoms with Crippen LogP contribution in [-0.2, 0) is 22.4 Å². The molecule has 0 N–H and O–H groups in total. The minimum absolute atomic E-state index is 0.303. The van der Waals surface area contributed by atoms with E-state index in [0.29, 0.717) is 17.9 Å². The predicted octanol–water partition coefficient (Wildman–Crippen LogP) is 3.04. The summed E-state index contributed by atoms with van der Waals surface area (Å²) >= 11 is 0. The van der Waals surface area contributed by atoms with Gasteiger partial charge in [-0.25, -0.2) is 4.79 Å². The summed E-state index contributed by atoms with van der Waals surface area (Å²) in [5.74, 6) is -0.0209. The fraction of sp³-hybridized carbons (Fsp3) is 0.333. The van der Waals surface area contributed by atoms with Gasteiger partial charge in [0.1, 0.15) is 0 Å². The molecule has 1 saturated heterocycles. The van der Waals surface area contributed by atoms with Gasteiger partial charge in [-0.2, -0.15) is 0 Å². The maximum absolute atomic E-state index is 13.0. The van der Waals surface area contributed by atoms with E-state index in [9.17, 15) is 9.59 Å². The van der Waals surface area contributed by atoms with E-state index in [2.05, 4.69) is 17.0 Å². The summed E-state index contributed by atoms with van der Waals surface area (Å²) in [5.41, 5.74) is 3.67. The average Bonchev–Trinajstić information content (AvgIpc) is 3.02. The van der Waals surface area contributed by atoms with Crippen molar-refractivity contribution in [2.75, 3.05) is 25.1 Å². The first-order valence-corrected chi connectivity index (χ1v) is 8.65. The van der Waals surface area contributed by atoms with Crippen molar-refractivity contribution < 1.29 is 14.3 Å². The summed E-state index contributed by atoms with van der Waals surface area (Å²) < 4.78 is 4.80. The van der Waals surface area contributed by atoms with Crippen molar-refractivity contribution in [3.8, 4) is 0 Å². The molecule has 25 heavy (non-hydrogen) atoms. The number of piperidine rings is 1. The van der Waals surface area contributed by atoms with E-state index in [1.54, 1.807) is 6.07 Å². The fourth-order valence-electron chi connectivity index (χ4n) is 4.14. The van der Waals surface area contributed by atoms with Crippen LogP contribution in [0.2, 0.25) is 0 Å². The summed E-state index contributed by atoms with van der Waals surface area (Å²) in [4.78, 5) is 26.9. The third-order valence-electron chi connectivity index (χ3n) is 5.59. The second-order valence-corrected chi connectivity index (χ2v) is 7.04.